The van der Waals surface area contributed by atoms with Crippen molar-refractivity contribution in [2.24, 2.45) is 0 Å². The SMILES string of the molecule is COc1ccc(CNc2nnc(N3CC4OC(CO)OC4C3)c3ccc(C#N)cc23)cc1Cl. The fourth-order valence-corrected chi connectivity index (χ4v) is 4.55. The van der Waals surface area contributed by atoms with Gasteiger partial charge < -0.3 is 29.5 Å². The highest BCUT2D eigenvalue weighted by molar-refractivity contribution is 6.32. The van der Waals surface area contributed by atoms with E-state index in [2.05, 4.69) is 26.5 Å². The van der Waals surface area contributed by atoms with Crippen LogP contribution in [0.3, 0.4) is 0 Å². The van der Waals surface area contributed by atoms with Crippen molar-refractivity contribution in [2.45, 2.75) is 25.0 Å². The summed E-state index contributed by atoms with van der Waals surface area (Å²) in [5, 5.41) is 33.1. The molecule has 0 bridgehead atoms. The fourth-order valence-electron chi connectivity index (χ4n) is 4.27. The van der Waals surface area contributed by atoms with E-state index in [0.29, 0.717) is 47.6 Å². The number of nitrogens with one attached hydrogen (secondary N) is 1. The van der Waals surface area contributed by atoms with Crippen molar-refractivity contribution in [2.75, 3.05) is 37.0 Å². The first kappa shape index (κ1) is 21.7. The maximum absolute atomic E-state index is 9.42. The Morgan fingerprint density at radius 1 is 1.18 bits per heavy atom. The van der Waals surface area contributed by atoms with Gasteiger partial charge in [-0.2, -0.15) is 5.26 Å². The third-order valence-corrected chi connectivity index (χ3v) is 6.18. The van der Waals surface area contributed by atoms with Crippen LogP contribution in [0.5, 0.6) is 5.75 Å². The molecule has 2 aromatic carbocycles. The number of hydrogen-bond acceptors (Lipinski definition) is 9. The first-order chi connectivity index (χ1) is 16.1. The fraction of sp³-hybridized carbons (Fsp3) is 0.348. The van der Waals surface area contributed by atoms with Gasteiger partial charge in [0.15, 0.2) is 17.9 Å². The van der Waals surface area contributed by atoms with Crippen molar-refractivity contribution in [1.82, 2.24) is 10.2 Å². The Balaban J connectivity index is 1.42. The summed E-state index contributed by atoms with van der Waals surface area (Å²) in [5.74, 6) is 1.89. The van der Waals surface area contributed by atoms with Gasteiger partial charge in [-0.05, 0) is 35.9 Å². The molecule has 0 radical (unpaired) electrons. The Hall–Kier alpha value is -3.16. The lowest BCUT2D eigenvalue weighted by Gasteiger charge is -2.21. The Labute approximate surface area is 195 Å². The minimum atomic E-state index is -0.568. The highest BCUT2D eigenvalue weighted by Gasteiger charge is 2.43. The van der Waals surface area contributed by atoms with Crippen LogP contribution in [0.25, 0.3) is 10.8 Å². The zero-order valence-corrected chi connectivity index (χ0v) is 18.6. The Bertz CT molecular complexity index is 1220. The number of nitrogens with zero attached hydrogens (tertiary/aromatic N) is 4. The summed E-state index contributed by atoms with van der Waals surface area (Å²) in [7, 11) is 1.58. The predicted octanol–water partition coefficient (Wildman–Crippen LogP) is 2.70. The summed E-state index contributed by atoms with van der Waals surface area (Å²) in [6, 6.07) is 13.2. The zero-order valence-electron chi connectivity index (χ0n) is 17.9. The van der Waals surface area contributed by atoms with Crippen LogP contribution < -0.4 is 15.0 Å². The number of halogens is 1. The lowest BCUT2D eigenvalue weighted by Crippen LogP contribution is -2.28. The van der Waals surface area contributed by atoms with E-state index in [9.17, 15) is 10.4 Å². The lowest BCUT2D eigenvalue weighted by molar-refractivity contribution is -0.0967. The molecule has 2 aliphatic rings. The molecule has 0 aliphatic carbocycles. The second-order valence-electron chi connectivity index (χ2n) is 7.93. The molecular weight excluding hydrogens is 446 g/mol. The number of benzene rings is 2. The predicted molar refractivity (Wildman–Crippen MR) is 122 cm³/mol. The molecule has 2 atom stereocenters. The maximum atomic E-state index is 9.42. The number of rotatable bonds is 6. The van der Waals surface area contributed by atoms with E-state index in [1.165, 1.54) is 0 Å². The zero-order chi connectivity index (χ0) is 22.9. The summed E-state index contributed by atoms with van der Waals surface area (Å²) in [5.41, 5.74) is 1.49. The largest absolute Gasteiger partial charge is 0.495 e. The molecule has 1 aromatic heterocycles. The van der Waals surface area contributed by atoms with Crippen molar-refractivity contribution in [3.8, 4) is 11.8 Å². The van der Waals surface area contributed by atoms with E-state index < -0.39 is 6.29 Å². The van der Waals surface area contributed by atoms with E-state index in [1.54, 1.807) is 13.2 Å². The smallest absolute Gasteiger partial charge is 0.181 e. The Morgan fingerprint density at radius 3 is 2.64 bits per heavy atom. The Morgan fingerprint density at radius 2 is 1.97 bits per heavy atom. The summed E-state index contributed by atoms with van der Waals surface area (Å²) >= 11 is 6.24. The van der Waals surface area contributed by atoms with Gasteiger partial charge in [-0.25, -0.2) is 0 Å². The summed E-state index contributed by atoms with van der Waals surface area (Å²) in [4.78, 5) is 2.07. The third kappa shape index (κ3) is 4.14. The number of hydrogen-bond donors (Lipinski definition) is 2. The third-order valence-electron chi connectivity index (χ3n) is 5.88. The van der Waals surface area contributed by atoms with E-state index in [4.69, 9.17) is 25.8 Å². The standard InChI is InChI=1S/C23H22ClN5O4/c1-31-18-5-3-14(7-17(18)24)9-26-22-16-6-13(8-25)2-4-15(16)23(28-27-22)29-10-19-20(11-29)33-21(12-30)32-19/h2-7,19-21,30H,9-12H2,1H3,(H,26,27). The topological polar surface area (TPSA) is 113 Å². The number of fused-ring (bicyclic) bond motifs is 2. The lowest BCUT2D eigenvalue weighted by atomic mass is 10.1. The van der Waals surface area contributed by atoms with Gasteiger partial charge in [-0.1, -0.05) is 17.7 Å². The number of aliphatic hydroxyl groups is 1. The molecule has 2 saturated heterocycles. The molecule has 9 nitrogen and oxygen atoms in total. The minimum Gasteiger partial charge on any atom is -0.495 e. The van der Waals surface area contributed by atoms with E-state index in [1.807, 2.05) is 30.3 Å². The number of ether oxygens (including phenoxy) is 3. The molecule has 33 heavy (non-hydrogen) atoms. The molecule has 5 rings (SSSR count). The van der Waals surface area contributed by atoms with Crippen molar-refractivity contribution in [1.29, 1.82) is 5.26 Å². The molecule has 3 aromatic rings. The van der Waals surface area contributed by atoms with Crippen LogP contribution in [0.2, 0.25) is 5.02 Å². The van der Waals surface area contributed by atoms with E-state index >= 15 is 0 Å². The highest BCUT2D eigenvalue weighted by atomic mass is 35.5. The van der Waals surface area contributed by atoms with Gasteiger partial charge in [0.1, 0.15) is 18.0 Å². The monoisotopic (exact) mass is 467 g/mol. The van der Waals surface area contributed by atoms with Gasteiger partial charge in [0, 0.05) is 30.4 Å². The Kier molecular flexibility index (Phi) is 5.91. The molecule has 2 N–H and O–H groups in total. The van der Waals surface area contributed by atoms with Crippen molar-refractivity contribution >= 4 is 34.0 Å². The van der Waals surface area contributed by atoms with E-state index in [0.717, 1.165) is 16.3 Å². The van der Waals surface area contributed by atoms with Gasteiger partial charge in [-0.15, -0.1) is 10.2 Å². The first-order valence-electron chi connectivity index (χ1n) is 10.5. The highest BCUT2D eigenvalue weighted by Crippen LogP contribution is 2.35. The number of aromatic nitrogens is 2. The number of aliphatic hydroxyl groups excluding tert-OH is 1. The molecule has 2 fully saturated rings. The van der Waals surface area contributed by atoms with Gasteiger partial charge >= 0.3 is 0 Å². The molecule has 2 unspecified atom stereocenters. The molecule has 0 amide bonds. The van der Waals surface area contributed by atoms with E-state index in [-0.39, 0.29) is 18.8 Å². The summed E-state index contributed by atoms with van der Waals surface area (Å²) in [6.07, 6.45) is -0.828. The van der Waals surface area contributed by atoms with Crippen LogP contribution in [0, 0.1) is 11.3 Å². The van der Waals surface area contributed by atoms with Gasteiger partial charge in [0.25, 0.3) is 0 Å². The van der Waals surface area contributed by atoms with Crippen molar-refractivity contribution < 1.29 is 19.3 Å². The summed E-state index contributed by atoms with van der Waals surface area (Å²) in [6.45, 7) is 1.48. The molecular formula is C23H22ClN5O4. The summed E-state index contributed by atoms with van der Waals surface area (Å²) < 4.78 is 16.7. The second kappa shape index (κ2) is 9.00. The molecule has 10 heteroatoms. The van der Waals surface area contributed by atoms with Crippen molar-refractivity contribution in [3.05, 3.63) is 52.5 Å². The minimum absolute atomic E-state index is 0.130. The van der Waals surface area contributed by atoms with Crippen LogP contribution in [0.15, 0.2) is 36.4 Å². The number of nitriles is 1. The first-order valence-corrected chi connectivity index (χ1v) is 10.9. The average Bonchev–Trinajstić information content (AvgIpc) is 3.41. The van der Waals surface area contributed by atoms with Crippen molar-refractivity contribution in [3.63, 3.8) is 0 Å². The molecule has 170 valence electrons. The maximum Gasteiger partial charge on any atom is 0.181 e. The number of methoxy groups -OCH3 is 1. The van der Waals surface area contributed by atoms with Gasteiger partial charge in [0.2, 0.25) is 0 Å². The molecule has 2 aliphatic heterocycles. The molecule has 0 spiro atoms. The van der Waals surface area contributed by atoms with Crippen LogP contribution in [-0.4, -0.2) is 60.6 Å². The van der Waals surface area contributed by atoms with Crippen LogP contribution in [0.1, 0.15) is 11.1 Å². The average molecular weight is 468 g/mol. The van der Waals surface area contributed by atoms with Crippen LogP contribution >= 0.6 is 11.6 Å². The molecule has 0 saturated carbocycles. The van der Waals surface area contributed by atoms with Gasteiger partial charge in [-0.3, -0.25) is 0 Å². The van der Waals surface area contributed by atoms with Gasteiger partial charge in [0.05, 0.1) is 30.4 Å². The van der Waals surface area contributed by atoms with Crippen LogP contribution in [0.4, 0.5) is 11.6 Å². The second-order valence-corrected chi connectivity index (χ2v) is 8.34. The van der Waals surface area contributed by atoms with Crippen LogP contribution in [-0.2, 0) is 16.0 Å². The normalized spacial score (nSPS) is 21.8. The number of anilines is 2. The quantitative estimate of drug-likeness (QED) is 0.564. The molecule has 3 heterocycles.